The van der Waals surface area contributed by atoms with Crippen LogP contribution in [0.25, 0.3) is 11.1 Å². The number of hydrogen-bond donors (Lipinski definition) is 2. The SMILES string of the molecule is O=C(NS(=O)(=O)c1ccc(NC(CSc2ccccc2)CN2CCOCC2)c([N+](=O)[O-])c1)c1ccc(-c2ccc(F)cc2)cc1. The Hall–Kier alpha value is -4.30. The van der Waals surface area contributed by atoms with Crippen molar-refractivity contribution in [3.8, 4) is 11.1 Å². The van der Waals surface area contributed by atoms with E-state index in [2.05, 4.69) is 10.2 Å². The van der Waals surface area contributed by atoms with E-state index in [1.807, 2.05) is 35.1 Å². The highest BCUT2D eigenvalue weighted by Crippen LogP contribution is 2.30. The monoisotopic (exact) mass is 650 g/mol. The minimum absolute atomic E-state index is 0.0686. The number of nitro groups is 1. The molecule has 1 atom stereocenters. The molecule has 13 heteroatoms. The maximum Gasteiger partial charge on any atom is 0.293 e. The second kappa shape index (κ2) is 14.7. The molecule has 1 saturated heterocycles. The van der Waals surface area contributed by atoms with E-state index in [9.17, 15) is 27.7 Å². The summed E-state index contributed by atoms with van der Waals surface area (Å²) in [5.41, 5.74) is 1.25. The highest BCUT2D eigenvalue weighted by Gasteiger charge is 2.26. The Bertz CT molecular complexity index is 1730. The van der Waals surface area contributed by atoms with E-state index in [4.69, 9.17) is 4.74 Å². The van der Waals surface area contributed by atoms with Gasteiger partial charge in [0.25, 0.3) is 21.6 Å². The van der Waals surface area contributed by atoms with Gasteiger partial charge in [-0.05, 0) is 59.7 Å². The van der Waals surface area contributed by atoms with Gasteiger partial charge in [0.05, 0.1) is 23.0 Å². The van der Waals surface area contributed by atoms with Crippen molar-refractivity contribution in [2.24, 2.45) is 0 Å². The molecule has 0 bridgehead atoms. The molecule has 0 aliphatic carbocycles. The Labute approximate surface area is 264 Å². The summed E-state index contributed by atoms with van der Waals surface area (Å²) in [6.45, 7) is 3.30. The van der Waals surface area contributed by atoms with Crippen LogP contribution in [0.2, 0.25) is 0 Å². The molecule has 5 rings (SSSR count). The molecule has 1 aliphatic heterocycles. The largest absolute Gasteiger partial charge is 0.379 e. The number of nitrogens with zero attached hydrogens (tertiary/aromatic N) is 2. The van der Waals surface area contributed by atoms with Crippen molar-refractivity contribution in [1.29, 1.82) is 0 Å². The number of amides is 1. The van der Waals surface area contributed by atoms with Crippen molar-refractivity contribution in [2.75, 3.05) is 43.9 Å². The number of hydrogen-bond acceptors (Lipinski definition) is 9. The number of ether oxygens (including phenoxy) is 1. The van der Waals surface area contributed by atoms with Crippen molar-refractivity contribution in [1.82, 2.24) is 9.62 Å². The van der Waals surface area contributed by atoms with Crippen LogP contribution in [-0.4, -0.2) is 68.8 Å². The molecule has 10 nitrogen and oxygen atoms in total. The summed E-state index contributed by atoms with van der Waals surface area (Å²) < 4.78 is 47.0. The van der Waals surface area contributed by atoms with Crippen LogP contribution in [-0.2, 0) is 14.8 Å². The molecule has 0 radical (unpaired) electrons. The molecule has 4 aromatic rings. The lowest BCUT2D eigenvalue weighted by atomic mass is 10.0. The Balaban J connectivity index is 1.31. The molecular weight excluding hydrogens is 620 g/mol. The first-order valence-corrected chi connectivity index (χ1v) is 16.6. The second-order valence-corrected chi connectivity index (χ2v) is 13.1. The lowest BCUT2D eigenvalue weighted by Gasteiger charge is -2.31. The van der Waals surface area contributed by atoms with E-state index in [1.165, 1.54) is 36.4 Å². The van der Waals surface area contributed by atoms with Gasteiger partial charge in [0.2, 0.25) is 0 Å². The predicted molar refractivity (Wildman–Crippen MR) is 171 cm³/mol. The summed E-state index contributed by atoms with van der Waals surface area (Å²) in [4.78, 5) is 27.1. The quantitative estimate of drug-likeness (QED) is 0.117. The highest BCUT2D eigenvalue weighted by atomic mass is 32.2. The average molecular weight is 651 g/mol. The van der Waals surface area contributed by atoms with Gasteiger partial charge in [-0.15, -0.1) is 11.8 Å². The molecule has 0 spiro atoms. The maximum atomic E-state index is 13.2. The fourth-order valence-electron chi connectivity index (χ4n) is 4.82. The van der Waals surface area contributed by atoms with Crippen LogP contribution in [0.1, 0.15) is 10.4 Å². The third-order valence-corrected chi connectivity index (χ3v) is 9.67. The minimum atomic E-state index is -4.44. The van der Waals surface area contributed by atoms with E-state index in [0.29, 0.717) is 31.1 Å². The molecule has 45 heavy (non-hydrogen) atoms. The van der Waals surface area contributed by atoms with Gasteiger partial charge < -0.3 is 10.1 Å². The van der Waals surface area contributed by atoms with Crippen LogP contribution in [0.3, 0.4) is 0 Å². The van der Waals surface area contributed by atoms with Crippen molar-refractivity contribution < 1.29 is 27.3 Å². The smallest absolute Gasteiger partial charge is 0.293 e. The minimum Gasteiger partial charge on any atom is -0.379 e. The van der Waals surface area contributed by atoms with E-state index in [-0.39, 0.29) is 23.1 Å². The van der Waals surface area contributed by atoms with Gasteiger partial charge in [-0.1, -0.05) is 42.5 Å². The summed E-state index contributed by atoms with van der Waals surface area (Å²) in [5, 5.41) is 15.4. The van der Waals surface area contributed by atoms with E-state index < -0.39 is 31.4 Å². The number of anilines is 1. The number of halogens is 1. The van der Waals surface area contributed by atoms with Gasteiger partial charge in [-0.3, -0.25) is 19.8 Å². The number of carbonyl (C=O) groups is 1. The van der Waals surface area contributed by atoms with Crippen molar-refractivity contribution in [2.45, 2.75) is 15.8 Å². The number of carbonyl (C=O) groups excluding carboxylic acids is 1. The number of nitro benzene ring substituents is 1. The van der Waals surface area contributed by atoms with Crippen LogP contribution in [0.4, 0.5) is 15.8 Å². The zero-order valence-corrected chi connectivity index (χ0v) is 25.7. The van der Waals surface area contributed by atoms with Gasteiger partial charge in [-0.25, -0.2) is 17.5 Å². The Kier molecular flexibility index (Phi) is 10.5. The van der Waals surface area contributed by atoms with Crippen molar-refractivity contribution in [3.05, 3.63) is 119 Å². The molecular formula is C32H31FN4O6S2. The van der Waals surface area contributed by atoms with Gasteiger partial charge in [0.15, 0.2) is 0 Å². The van der Waals surface area contributed by atoms with Gasteiger partial charge in [0, 0.05) is 48.0 Å². The fraction of sp³-hybridized carbons (Fsp3) is 0.219. The third-order valence-electron chi connectivity index (χ3n) is 7.16. The van der Waals surface area contributed by atoms with Gasteiger partial charge in [0.1, 0.15) is 11.5 Å². The molecule has 0 saturated carbocycles. The molecule has 1 heterocycles. The van der Waals surface area contributed by atoms with Crippen LogP contribution in [0.5, 0.6) is 0 Å². The van der Waals surface area contributed by atoms with E-state index >= 15 is 0 Å². The first kappa shape index (κ1) is 32.1. The van der Waals surface area contributed by atoms with Crippen molar-refractivity contribution in [3.63, 3.8) is 0 Å². The summed E-state index contributed by atoms with van der Waals surface area (Å²) in [7, 11) is -4.44. The van der Waals surface area contributed by atoms with Gasteiger partial charge >= 0.3 is 0 Å². The highest BCUT2D eigenvalue weighted by molar-refractivity contribution is 7.99. The number of rotatable bonds is 12. The Morgan fingerprint density at radius 1 is 0.956 bits per heavy atom. The van der Waals surface area contributed by atoms with Crippen LogP contribution >= 0.6 is 11.8 Å². The molecule has 1 fully saturated rings. The maximum absolute atomic E-state index is 13.2. The summed E-state index contributed by atoms with van der Waals surface area (Å²) in [6.07, 6.45) is 0. The molecule has 1 amide bonds. The van der Waals surface area contributed by atoms with Crippen LogP contribution < -0.4 is 10.0 Å². The molecule has 0 aromatic heterocycles. The predicted octanol–water partition coefficient (Wildman–Crippen LogP) is 5.42. The number of thioether (sulfide) groups is 1. The molecule has 4 aromatic carbocycles. The zero-order chi connectivity index (χ0) is 31.8. The average Bonchev–Trinajstić information content (AvgIpc) is 3.05. The van der Waals surface area contributed by atoms with Crippen molar-refractivity contribution >= 4 is 39.1 Å². The summed E-state index contributed by atoms with van der Waals surface area (Å²) in [6, 6.07) is 25.1. The second-order valence-electron chi connectivity index (χ2n) is 10.3. The topological polar surface area (TPSA) is 131 Å². The molecule has 1 unspecified atom stereocenters. The lowest BCUT2D eigenvalue weighted by molar-refractivity contribution is -0.384. The van der Waals surface area contributed by atoms with E-state index in [0.717, 1.165) is 29.6 Å². The van der Waals surface area contributed by atoms with Crippen LogP contribution in [0.15, 0.2) is 107 Å². The van der Waals surface area contributed by atoms with Crippen LogP contribution in [0, 0.1) is 15.9 Å². The zero-order valence-electron chi connectivity index (χ0n) is 24.1. The Morgan fingerprint density at radius 2 is 1.60 bits per heavy atom. The first-order valence-electron chi connectivity index (χ1n) is 14.1. The fourth-order valence-corrected chi connectivity index (χ4v) is 6.74. The number of benzene rings is 4. The number of nitrogens with one attached hydrogen (secondary N) is 2. The van der Waals surface area contributed by atoms with E-state index in [1.54, 1.807) is 36.0 Å². The summed E-state index contributed by atoms with van der Waals surface area (Å²) >= 11 is 1.61. The summed E-state index contributed by atoms with van der Waals surface area (Å²) in [5.74, 6) is -0.665. The Morgan fingerprint density at radius 3 is 2.24 bits per heavy atom. The molecule has 2 N–H and O–H groups in total. The number of morpholine rings is 1. The third kappa shape index (κ3) is 8.66. The lowest BCUT2D eigenvalue weighted by Crippen LogP contribution is -2.44. The standard InChI is InChI=1S/C32H31FN4O6S2/c33-26-12-10-24(11-13-26)23-6-8-25(9-7-23)32(38)35-45(41,42)29-14-15-30(31(20-29)37(39)40)34-27(21-36-16-18-43-19-17-36)22-44-28-4-2-1-3-5-28/h1-15,20,27,34H,16-19,21-22H2,(H,35,38). The number of sulfonamides is 1. The molecule has 234 valence electrons. The first-order chi connectivity index (χ1) is 21.7. The normalized spacial score (nSPS) is 14.4. The van der Waals surface area contributed by atoms with Gasteiger partial charge in [-0.2, -0.15) is 0 Å². The molecule has 1 aliphatic rings.